The van der Waals surface area contributed by atoms with Gasteiger partial charge in [-0.3, -0.25) is 0 Å². The number of unbranched alkanes of at least 4 members (excludes halogenated alkanes) is 2. The van der Waals surface area contributed by atoms with Crippen LogP contribution in [0.15, 0.2) is 24.3 Å². The molecule has 0 saturated carbocycles. The average molecular weight is 219 g/mol. The lowest BCUT2D eigenvalue weighted by atomic mass is 10.00. The third kappa shape index (κ3) is 2.76. The Bertz CT molecular complexity index is 324. The summed E-state index contributed by atoms with van der Waals surface area (Å²) in [6.45, 7) is 3.98. The summed E-state index contributed by atoms with van der Waals surface area (Å²) >= 11 is 0. The van der Waals surface area contributed by atoms with Gasteiger partial charge in [0.2, 0.25) is 0 Å². The topological polar surface area (TPSA) is 21.3 Å². The number of fused-ring (bicyclic) bond motifs is 1. The Morgan fingerprint density at radius 3 is 3.06 bits per heavy atom. The fourth-order valence-corrected chi connectivity index (χ4v) is 2.26. The van der Waals surface area contributed by atoms with E-state index in [0.717, 1.165) is 18.9 Å². The van der Waals surface area contributed by atoms with Crippen LogP contribution in [0.5, 0.6) is 5.75 Å². The molecular weight excluding hydrogens is 198 g/mol. The van der Waals surface area contributed by atoms with Crippen LogP contribution in [0.2, 0.25) is 0 Å². The molecule has 1 aromatic rings. The molecule has 1 unspecified atom stereocenters. The molecule has 1 aliphatic heterocycles. The summed E-state index contributed by atoms with van der Waals surface area (Å²) in [5.41, 5.74) is 1.33. The highest BCUT2D eigenvalue weighted by Crippen LogP contribution is 2.29. The zero-order valence-corrected chi connectivity index (χ0v) is 10.0. The van der Waals surface area contributed by atoms with Crippen molar-refractivity contribution in [2.24, 2.45) is 0 Å². The minimum absolute atomic E-state index is 0.477. The number of nitrogens with one attached hydrogen (secondary N) is 1. The molecule has 0 radical (unpaired) electrons. The van der Waals surface area contributed by atoms with Crippen LogP contribution in [0.25, 0.3) is 0 Å². The van der Waals surface area contributed by atoms with E-state index >= 15 is 0 Å². The minimum atomic E-state index is 0.477. The van der Waals surface area contributed by atoms with Gasteiger partial charge in [0.1, 0.15) is 12.4 Å². The van der Waals surface area contributed by atoms with Crippen LogP contribution in [0.1, 0.15) is 44.2 Å². The molecule has 0 aromatic heterocycles. The fraction of sp³-hybridized carbons (Fsp3) is 0.571. The Morgan fingerprint density at radius 1 is 1.31 bits per heavy atom. The highest BCUT2D eigenvalue weighted by atomic mass is 16.5. The van der Waals surface area contributed by atoms with Crippen molar-refractivity contribution >= 4 is 0 Å². The highest BCUT2D eigenvalue weighted by Gasteiger charge is 2.17. The third-order valence-electron chi connectivity index (χ3n) is 3.14. The summed E-state index contributed by atoms with van der Waals surface area (Å²) in [5, 5.41) is 3.57. The Kier molecular flexibility index (Phi) is 4.23. The highest BCUT2D eigenvalue weighted by molar-refractivity contribution is 5.36. The normalized spacial score (nSPS) is 19.7. The van der Waals surface area contributed by atoms with Gasteiger partial charge in [-0.2, -0.15) is 0 Å². The number of rotatable bonds is 4. The monoisotopic (exact) mass is 219 g/mol. The lowest BCUT2D eigenvalue weighted by molar-refractivity contribution is 0.323. The molecule has 1 atom stereocenters. The van der Waals surface area contributed by atoms with Gasteiger partial charge < -0.3 is 10.1 Å². The number of benzene rings is 1. The van der Waals surface area contributed by atoms with Crippen LogP contribution < -0.4 is 10.1 Å². The molecule has 1 N–H and O–H groups in total. The molecule has 0 fully saturated rings. The van der Waals surface area contributed by atoms with Crippen LogP contribution in [0, 0.1) is 0 Å². The first-order valence-electron chi connectivity index (χ1n) is 6.37. The van der Waals surface area contributed by atoms with Gasteiger partial charge in [0.15, 0.2) is 0 Å². The second kappa shape index (κ2) is 5.90. The summed E-state index contributed by atoms with van der Waals surface area (Å²) in [6.07, 6.45) is 5.11. The predicted molar refractivity (Wildman–Crippen MR) is 66.8 cm³/mol. The summed E-state index contributed by atoms with van der Waals surface area (Å²) in [4.78, 5) is 0. The lowest BCUT2D eigenvalue weighted by Crippen LogP contribution is -2.22. The van der Waals surface area contributed by atoms with Crippen molar-refractivity contribution in [2.45, 2.75) is 38.6 Å². The first-order chi connectivity index (χ1) is 7.92. The summed E-state index contributed by atoms with van der Waals surface area (Å²) in [5.74, 6) is 1.06. The van der Waals surface area contributed by atoms with Gasteiger partial charge in [0.05, 0.1) is 0 Å². The van der Waals surface area contributed by atoms with Gasteiger partial charge in [-0.05, 0) is 12.5 Å². The first-order valence-corrected chi connectivity index (χ1v) is 6.37. The summed E-state index contributed by atoms with van der Waals surface area (Å²) in [6, 6.07) is 8.89. The number of ether oxygens (including phenoxy) is 1. The van der Waals surface area contributed by atoms with Crippen molar-refractivity contribution in [3.05, 3.63) is 29.8 Å². The SMILES string of the molecule is CCCCCC1NCCOc2ccccc21. The fourth-order valence-electron chi connectivity index (χ4n) is 2.26. The molecule has 0 amide bonds. The lowest BCUT2D eigenvalue weighted by Gasteiger charge is -2.17. The van der Waals surface area contributed by atoms with Crippen LogP contribution in [-0.4, -0.2) is 13.2 Å². The number of hydrogen-bond acceptors (Lipinski definition) is 2. The average Bonchev–Trinajstić information content (AvgIpc) is 2.52. The third-order valence-corrected chi connectivity index (χ3v) is 3.14. The molecule has 0 spiro atoms. The van der Waals surface area contributed by atoms with Crippen molar-refractivity contribution in [2.75, 3.05) is 13.2 Å². The molecule has 1 aliphatic rings. The predicted octanol–water partition coefficient (Wildman–Crippen LogP) is 3.29. The van der Waals surface area contributed by atoms with Crippen LogP contribution in [0.4, 0.5) is 0 Å². The van der Waals surface area contributed by atoms with E-state index in [1.54, 1.807) is 0 Å². The zero-order chi connectivity index (χ0) is 11.2. The first kappa shape index (κ1) is 11.5. The van der Waals surface area contributed by atoms with E-state index in [-0.39, 0.29) is 0 Å². The van der Waals surface area contributed by atoms with E-state index in [1.807, 2.05) is 6.07 Å². The molecule has 16 heavy (non-hydrogen) atoms. The minimum Gasteiger partial charge on any atom is -0.492 e. The van der Waals surface area contributed by atoms with Crippen LogP contribution >= 0.6 is 0 Å². The van der Waals surface area contributed by atoms with Gasteiger partial charge in [0.25, 0.3) is 0 Å². The van der Waals surface area contributed by atoms with E-state index in [1.165, 1.54) is 31.2 Å². The van der Waals surface area contributed by atoms with Crippen molar-refractivity contribution in [1.82, 2.24) is 5.32 Å². The molecule has 2 nitrogen and oxygen atoms in total. The quantitative estimate of drug-likeness (QED) is 0.785. The smallest absolute Gasteiger partial charge is 0.124 e. The molecule has 2 heteroatoms. The number of hydrogen-bond donors (Lipinski definition) is 1. The van der Waals surface area contributed by atoms with E-state index in [9.17, 15) is 0 Å². The van der Waals surface area contributed by atoms with Gasteiger partial charge in [-0.1, -0.05) is 44.4 Å². The van der Waals surface area contributed by atoms with Crippen molar-refractivity contribution in [3.8, 4) is 5.75 Å². The van der Waals surface area contributed by atoms with Gasteiger partial charge in [-0.15, -0.1) is 0 Å². The second-order valence-corrected chi connectivity index (χ2v) is 4.39. The van der Waals surface area contributed by atoms with Gasteiger partial charge in [-0.25, -0.2) is 0 Å². The van der Waals surface area contributed by atoms with E-state index in [0.29, 0.717) is 6.04 Å². The summed E-state index contributed by atoms with van der Waals surface area (Å²) < 4.78 is 5.72. The Balaban J connectivity index is 2.06. The van der Waals surface area contributed by atoms with Crippen LogP contribution in [-0.2, 0) is 0 Å². The van der Waals surface area contributed by atoms with E-state index < -0.39 is 0 Å². The Labute approximate surface area is 98.0 Å². The summed E-state index contributed by atoms with van der Waals surface area (Å²) in [7, 11) is 0. The maximum Gasteiger partial charge on any atom is 0.124 e. The zero-order valence-electron chi connectivity index (χ0n) is 10.0. The van der Waals surface area contributed by atoms with E-state index in [2.05, 4.69) is 30.4 Å². The van der Waals surface area contributed by atoms with Crippen molar-refractivity contribution in [1.29, 1.82) is 0 Å². The van der Waals surface area contributed by atoms with Gasteiger partial charge in [0, 0.05) is 18.2 Å². The standard InChI is InChI=1S/C14H21NO/c1-2-3-4-8-13-12-7-5-6-9-14(12)16-11-10-15-13/h5-7,9,13,15H,2-4,8,10-11H2,1H3. The molecule has 2 rings (SSSR count). The second-order valence-electron chi connectivity index (χ2n) is 4.39. The molecular formula is C14H21NO. The molecule has 0 bridgehead atoms. The molecule has 1 heterocycles. The Hall–Kier alpha value is -1.02. The maximum atomic E-state index is 5.72. The molecule has 1 aromatic carbocycles. The van der Waals surface area contributed by atoms with Crippen molar-refractivity contribution < 1.29 is 4.74 Å². The molecule has 0 aliphatic carbocycles. The number of para-hydroxylation sites is 1. The maximum absolute atomic E-state index is 5.72. The largest absolute Gasteiger partial charge is 0.492 e. The Morgan fingerprint density at radius 2 is 2.19 bits per heavy atom. The van der Waals surface area contributed by atoms with E-state index in [4.69, 9.17) is 4.74 Å². The molecule has 88 valence electrons. The van der Waals surface area contributed by atoms with Gasteiger partial charge >= 0.3 is 0 Å². The van der Waals surface area contributed by atoms with Crippen molar-refractivity contribution in [3.63, 3.8) is 0 Å². The van der Waals surface area contributed by atoms with Crippen LogP contribution in [0.3, 0.4) is 0 Å². The molecule has 0 saturated heterocycles.